The monoisotopic (exact) mass is 341 g/mol. The molecule has 1 saturated carbocycles. The first-order valence-corrected chi connectivity index (χ1v) is 9.57. The fourth-order valence-corrected chi connectivity index (χ4v) is 4.46. The molecule has 0 spiro atoms. The predicted octanol–water partition coefficient (Wildman–Crippen LogP) is 2.43. The number of benzene rings is 1. The lowest BCUT2D eigenvalue weighted by atomic mass is 10.0. The Bertz CT molecular complexity index is 674. The molecule has 0 atom stereocenters. The lowest BCUT2D eigenvalue weighted by Crippen LogP contribution is -2.50. The average molecular weight is 341 g/mol. The van der Waals surface area contributed by atoms with E-state index in [0.29, 0.717) is 12.3 Å². The van der Waals surface area contributed by atoms with Crippen LogP contribution in [0.3, 0.4) is 0 Å². The number of carbonyl (C=O) groups excluding carboxylic acids is 2. The second-order valence-corrected chi connectivity index (χ2v) is 7.56. The van der Waals surface area contributed by atoms with Gasteiger partial charge in [-0.25, -0.2) is 0 Å². The number of fused-ring (bicyclic) bond motifs is 1. The van der Waals surface area contributed by atoms with E-state index in [1.54, 1.807) is 4.90 Å². The van der Waals surface area contributed by atoms with Crippen LogP contribution in [0.2, 0.25) is 0 Å². The van der Waals surface area contributed by atoms with Crippen molar-refractivity contribution in [2.75, 3.05) is 43.0 Å². The number of piperazine rings is 1. The fourth-order valence-electron chi connectivity index (χ4n) is 4.46. The largest absolute Gasteiger partial charge is 0.368 e. The smallest absolute Gasteiger partial charge is 0.227 e. The molecule has 5 nitrogen and oxygen atoms in total. The van der Waals surface area contributed by atoms with Crippen molar-refractivity contribution in [1.29, 1.82) is 0 Å². The van der Waals surface area contributed by atoms with E-state index in [1.807, 2.05) is 7.05 Å². The van der Waals surface area contributed by atoms with Crippen LogP contribution in [0.25, 0.3) is 0 Å². The fraction of sp³-hybridized carbons (Fsp3) is 0.600. The quantitative estimate of drug-likeness (QED) is 0.830. The van der Waals surface area contributed by atoms with Crippen LogP contribution in [0.5, 0.6) is 0 Å². The summed E-state index contributed by atoms with van der Waals surface area (Å²) in [6.07, 6.45) is 6.00. The summed E-state index contributed by atoms with van der Waals surface area (Å²) in [5.74, 6) is 0.852. The van der Waals surface area contributed by atoms with Crippen LogP contribution in [0, 0.1) is 5.92 Å². The first kappa shape index (κ1) is 16.4. The van der Waals surface area contributed by atoms with Gasteiger partial charge in [0.05, 0.1) is 0 Å². The van der Waals surface area contributed by atoms with Crippen molar-refractivity contribution in [2.24, 2.45) is 5.92 Å². The molecule has 1 saturated heterocycles. The third kappa shape index (κ3) is 3.12. The summed E-state index contributed by atoms with van der Waals surface area (Å²) in [4.78, 5) is 30.6. The van der Waals surface area contributed by atoms with Gasteiger partial charge in [0.25, 0.3) is 0 Å². The summed E-state index contributed by atoms with van der Waals surface area (Å²) in [5, 5.41) is 0. The van der Waals surface area contributed by atoms with E-state index in [0.717, 1.165) is 51.1 Å². The standard InChI is InChI=1S/C20H27N3O2/c1-21-18-8-7-17(14-16(18)6-9-19(21)24)22-10-12-23(13-11-22)20(25)15-4-2-3-5-15/h7-8,14-15H,2-6,9-13H2,1H3. The van der Waals surface area contributed by atoms with Crippen molar-refractivity contribution in [2.45, 2.75) is 38.5 Å². The van der Waals surface area contributed by atoms with Crippen LogP contribution < -0.4 is 9.80 Å². The number of nitrogens with zero attached hydrogens (tertiary/aromatic N) is 3. The van der Waals surface area contributed by atoms with E-state index in [-0.39, 0.29) is 11.8 Å². The number of carbonyl (C=O) groups is 2. The highest BCUT2D eigenvalue weighted by Gasteiger charge is 2.30. The van der Waals surface area contributed by atoms with E-state index >= 15 is 0 Å². The summed E-state index contributed by atoms with van der Waals surface area (Å²) in [6, 6.07) is 6.41. The normalized spacial score (nSPS) is 21.6. The Morgan fingerprint density at radius 2 is 1.76 bits per heavy atom. The highest BCUT2D eigenvalue weighted by Crippen LogP contribution is 2.31. The SMILES string of the molecule is CN1C(=O)CCc2cc(N3CCN(C(=O)C4CCCC4)CC3)ccc21. The minimum Gasteiger partial charge on any atom is -0.368 e. The molecule has 0 radical (unpaired) electrons. The van der Waals surface area contributed by atoms with Gasteiger partial charge >= 0.3 is 0 Å². The first-order valence-electron chi connectivity index (χ1n) is 9.57. The molecule has 1 aliphatic carbocycles. The van der Waals surface area contributed by atoms with E-state index in [4.69, 9.17) is 0 Å². The molecule has 2 amide bonds. The minimum atomic E-state index is 0.194. The molecule has 134 valence electrons. The van der Waals surface area contributed by atoms with E-state index in [1.165, 1.54) is 24.1 Å². The predicted molar refractivity (Wildman–Crippen MR) is 98.9 cm³/mol. The Morgan fingerprint density at radius 3 is 2.48 bits per heavy atom. The van der Waals surface area contributed by atoms with Gasteiger partial charge in [0.2, 0.25) is 11.8 Å². The summed E-state index contributed by atoms with van der Waals surface area (Å²) in [7, 11) is 1.85. The molecule has 0 bridgehead atoms. The molecule has 2 heterocycles. The maximum absolute atomic E-state index is 12.6. The molecule has 1 aromatic carbocycles. The molecule has 0 N–H and O–H groups in total. The summed E-state index contributed by atoms with van der Waals surface area (Å²) < 4.78 is 0. The van der Waals surface area contributed by atoms with Crippen LogP contribution in [0.4, 0.5) is 11.4 Å². The Balaban J connectivity index is 1.41. The number of aryl methyl sites for hydroxylation is 1. The van der Waals surface area contributed by atoms with Crippen LogP contribution in [-0.4, -0.2) is 49.9 Å². The topological polar surface area (TPSA) is 43.9 Å². The zero-order valence-corrected chi connectivity index (χ0v) is 15.0. The molecule has 1 aromatic rings. The van der Waals surface area contributed by atoms with Gasteiger partial charge in [-0.1, -0.05) is 12.8 Å². The molecule has 2 aliphatic heterocycles. The number of amides is 2. The number of hydrogen-bond donors (Lipinski definition) is 0. The van der Waals surface area contributed by atoms with Crippen LogP contribution in [0.15, 0.2) is 18.2 Å². The molecular weight excluding hydrogens is 314 g/mol. The van der Waals surface area contributed by atoms with Crippen molar-refractivity contribution >= 4 is 23.2 Å². The van der Waals surface area contributed by atoms with E-state index in [9.17, 15) is 9.59 Å². The van der Waals surface area contributed by atoms with E-state index < -0.39 is 0 Å². The second-order valence-electron chi connectivity index (χ2n) is 7.56. The Hall–Kier alpha value is -2.04. The second kappa shape index (κ2) is 6.70. The van der Waals surface area contributed by atoms with Crippen molar-refractivity contribution in [3.63, 3.8) is 0 Å². The van der Waals surface area contributed by atoms with Crippen LogP contribution in [-0.2, 0) is 16.0 Å². The van der Waals surface area contributed by atoms with E-state index in [2.05, 4.69) is 28.0 Å². The van der Waals surface area contributed by atoms with Crippen LogP contribution >= 0.6 is 0 Å². The average Bonchev–Trinajstić information content (AvgIpc) is 3.19. The van der Waals surface area contributed by atoms with Crippen molar-refractivity contribution in [3.05, 3.63) is 23.8 Å². The molecule has 0 unspecified atom stereocenters. The van der Waals surface area contributed by atoms with Crippen molar-refractivity contribution in [1.82, 2.24) is 4.90 Å². The minimum absolute atomic E-state index is 0.194. The first-order chi connectivity index (χ1) is 12.1. The van der Waals surface area contributed by atoms with Gasteiger partial charge in [-0.05, 0) is 43.0 Å². The Kier molecular flexibility index (Phi) is 4.40. The van der Waals surface area contributed by atoms with Gasteiger partial charge in [-0.2, -0.15) is 0 Å². The molecular formula is C20H27N3O2. The lowest BCUT2D eigenvalue weighted by molar-refractivity contribution is -0.135. The summed E-state index contributed by atoms with van der Waals surface area (Å²) >= 11 is 0. The van der Waals surface area contributed by atoms with Gasteiger partial charge in [-0.15, -0.1) is 0 Å². The zero-order chi connectivity index (χ0) is 17.4. The highest BCUT2D eigenvalue weighted by molar-refractivity contribution is 5.96. The van der Waals surface area contributed by atoms with Gasteiger partial charge in [0.1, 0.15) is 0 Å². The molecule has 0 aromatic heterocycles. The van der Waals surface area contributed by atoms with Gasteiger partial charge in [0.15, 0.2) is 0 Å². The Morgan fingerprint density at radius 1 is 1.04 bits per heavy atom. The third-order valence-corrected chi connectivity index (χ3v) is 6.07. The van der Waals surface area contributed by atoms with Crippen LogP contribution in [0.1, 0.15) is 37.7 Å². The number of hydrogen-bond acceptors (Lipinski definition) is 3. The molecule has 2 fully saturated rings. The Labute approximate surface area is 149 Å². The summed E-state index contributed by atoms with van der Waals surface area (Å²) in [5.41, 5.74) is 3.51. The molecule has 4 rings (SSSR count). The maximum atomic E-state index is 12.6. The third-order valence-electron chi connectivity index (χ3n) is 6.07. The van der Waals surface area contributed by atoms with Gasteiger partial charge < -0.3 is 14.7 Å². The summed E-state index contributed by atoms with van der Waals surface area (Å²) in [6.45, 7) is 3.44. The van der Waals surface area contributed by atoms with Gasteiger partial charge in [-0.3, -0.25) is 9.59 Å². The molecule has 25 heavy (non-hydrogen) atoms. The van der Waals surface area contributed by atoms with Gasteiger partial charge in [0, 0.05) is 56.9 Å². The molecule has 5 heteroatoms. The number of rotatable bonds is 2. The maximum Gasteiger partial charge on any atom is 0.227 e. The van der Waals surface area contributed by atoms with Crippen molar-refractivity contribution < 1.29 is 9.59 Å². The van der Waals surface area contributed by atoms with Crippen molar-refractivity contribution in [3.8, 4) is 0 Å². The number of anilines is 2. The lowest BCUT2D eigenvalue weighted by Gasteiger charge is -2.38. The zero-order valence-electron chi connectivity index (χ0n) is 15.0. The highest BCUT2D eigenvalue weighted by atomic mass is 16.2. The molecule has 3 aliphatic rings.